The molecule has 2 rings (SSSR count). The normalized spacial score (nSPS) is 20.8. The average molecular weight is 319 g/mol. The van der Waals surface area contributed by atoms with Crippen LogP contribution in [0, 0.1) is 12.8 Å². The highest BCUT2D eigenvalue weighted by molar-refractivity contribution is 5.90. The van der Waals surface area contributed by atoms with Crippen molar-refractivity contribution in [1.29, 1.82) is 0 Å². The summed E-state index contributed by atoms with van der Waals surface area (Å²) in [5.41, 5.74) is 2.00. The minimum absolute atomic E-state index is 0.0149. The number of rotatable bonds is 6. The van der Waals surface area contributed by atoms with Crippen LogP contribution < -0.4 is 10.2 Å². The number of anilines is 1. The molecule has 0 radical (unpaired) electrons. The summed E-state index contributed by atoms with van der Waals surface area (Å²) < 4.78 is 5.11. The lowest BCUT2D eigenvalue weighted by Crippen LogP contribution is -3.13. The Kier molecular flexibility index (Phi) is 6.59. The highest BCUT2D eigenvalue weighted by Gasteiger charge is 2.29. The van der Waals surface area contributed by atoms with E-state index in [1.54, 1.807) is 0 Å². The molecule has 5 heteroatoms. The Hall–Kier alpha value is -1.88. The first-order valence-electron chi connectivity index (χ1n) is 8.45. The van der Waals surface area contributed by atoms with Gasteiger partial charge in [0.05, 0.1) is 32.7 Å². The van der Waals surface area contributed by atoms with Crippen molar-refractivity contribution in [3.05, 3.63) is 29.8 Å². The van der Waals surface area contributed by atoms with Crippen molar-refractivity contribution in [1.82, 2.24) is 0 Å². The molecule has 1 aliphatic rings. The van der Waals surface area contributed by atoms with Gasteiger partial charge in [0.15, 0.2) is 0 Å². The molecule has 1 amide bonds. The Balaban J connectivity index is 1.75. The van der Waals surface area contributed by atoms with Crippen LogP contribution in [0.3, 0.4) is 0 Å². The topological polar surface area (TPSA) is 59.8 Å². The number of amides is 1. The molecular formula is C18H27N2O3+. The summed E-state index contributed by atoms with van der Waals surface area (Å²) in [6.07, 6.45) is 2.38. The molecule has 23 heavy (non-hydrogen) atoms. The zero-order valence-corrected chi connectivity index (χ0v) is 14.1. The predicted octanol–water partition coefficient (Wildman–Crippen LogP) is 1.18. The molecule has 1 aliphatic heterocycles. The first-order chi connectivity index (χ1) is 11.1. The van der Waals surface area contributed by atoms with Crippen molar-refractivity contribution in [3.8, 4) is 0 Å². The number of carbonyl (C=O) groups excluding carboxylic acids is 2. The molecule has 1 unspecified atom stereocenters. The molecule has 0 saturated carbocycles. The van der Waals surface area contributed by atoms with E-state index in [4.69, 9.17) is 4.74 Å². The number of carbonyl (C=O) groups is 2. The van der Waals surface area contributed by atoms with Gasteiger partial charge >= 0.3 is 5.97 Å². The summed E-state index contributed by atoms with van der Waals surface area (Å²) in [4.78, 5) is 25.2. The third-order valence-corrected chi connectivity index (χ3v) is 4.28. The monoisotopic (exact) mass is 319 g/mol. The number of esters is 1. The maximum absolute atomic E-state index is 12.0. The van der Waals surface area contributed by atoms with E-state index in [0.29, 0.717) is 13.0 Å². The lowest BCUT2D eigenvalue weighted by Gasteiger charge is -2.28. The quantitative estimate of drug-likeness (QED) is 0.774. The van der Waals surface area contributed by atoms with Crippen LogP contribution in [0.2, 0.25) is 0 Å². The maximum atomic E-state index is 12.0. The third-order valence-electron chi connectivity index (χ3n) is 4.28. The summed E-state index contributed by atoms with van der Waals surface area (Å²) in [6.45, 7) is 6.84. The minimum Gasteiger partial charge on any atom is -0.466 e. The molecule has 2 N–H and O–H groups in total. The summed E-state index contributed by atoms with van der Waals surface area (Å²) in [7, 11) is 0. The van der Waals surface area contributed by atoms with E-state index in [0.717, 1.165) is 38.2 Å². The van der Waals surface area contributed by atoms with E-state index in [1.165, 1.54) is 10.5 Å². The standard InChI is InChI=1S/C18H26N2O3/c1-3-23-18(22)15-5-4-11-20(13-15)12-10-17(21)19-16-8-6-14(2)7-9-16/h6-9,15H,3-5,10-13H2,1-2H3,(H,19,21)/p+1/t15-/m1/s1. The van der Waals surface area contributed by atoms with Gasteiger partial charge in [0.2, 0.25) is 5.91 Å². The lowest BCUT2D eigenvalue weighted by molar-refractivity contribution is -0.906. The fourth-order valence-corrected chi connectivity index (χ4v) is 2.99. The number of nitrogens with one attached hydrogen (secondary N) is 2. The van der Waals surface area contributed by atoms with Gasteiger partial charge in [-0.2, -0.15) is 0 Å². The van der Waals surface area contributed by atoms with Gasteiger partial charge in [-0.15, -0.1) is 0 Å². The summed E-state index contributed by atoms with van der Waals surface area (Å²) in [5, 5.41) is 2.92. The van der Waals surface area contributed by atoms with E-state index >= 15 is 0 Å². The molecule has 1 saturated heterocycles. The van der Waals surface area contributed by atoms with Crippen molar-refractivity contribution >= 4 is 17.6 Å². The fourth-order valence-electron chi connectivity index (χ4n) is 2.99. The van der Waals surface area contributed by atoms with E-state index in [9.17, 15) is 9.59 Å². The van der Waals surface area contributed by atoms with Gasteiger partial charge in [-0.3, -0.25) is 9.59 Å². The Labute approximate surface area is 138 Å². The average Bonchev–Trinajstić information content (AvgIpc) is 2.56. The van der Waals surface area contributed by atoms with Crippen LogP contribution in [0.15, 0.2) is 24.3 Å². The van der Waals surface area contributed by atoms with Crippen LogP contribution >= 0.6 is 0 Å². The van der Waals surface area contributed by atoms with E-state index in [1.807, 2.05) is 38.1 Å². The molecule has 126 valence electrons. The molecule has 1 aromatic carbocycles. The zero-order chi connectivity index (χ0) is 16.7. The molecule has 0 spiro atoms. The molecule has 1 heterocycles. The second kappa shape index (κ2) is 8.67. The molecule has 1 fully saturated rings. The Morgan fingerprint density at radius 1 is 1.30 bits per heavy atom. The molecule has 0 aliphatic carbocycles. The maximum Gasteiger partial charge on any atom is 0.314 e. The second-order valence-corrected chi connectivity index (χ2v) is 6.21. The first-order valence-corrected chi connectivity index (χ1v) is 8.45. The highest BCUT2D eigenvalue weighted by Crippen LogP contribution is 2.10. The molecule has 1 aromatic rings. The molecule has 0 aromatic heterocycles. The van der Waals surface area contributed by atoms with E-state index in [-0.39, 0.29) is 17.8 Å². The number of quaternary nitrogens is 1. The van der Waals surface area contributed by atoms with E-state index < -0.39 is 0 Å². The first kappa shape index (κ1) is 17.5. The van der Waals surface area contributed by atoms with Crippen LogP contribution in [0.25, 0.3) is 0 Å². The number of hydrogen-bond donors (Lipinski definition) is 2. The Bertz CT molecular complexity index is 528. The van der Waals surface area contributed by atoms with Crippen molar-refractivity contribution in [2.45, 2.75) is 33.1 Å². The number of piperidine rings is 1. The molecule has 5 nitrogen and oxygen atoms in total. The number of hydrogen-bond acceptors (Lipinski definition) is 3. The molecule has 2 atom stereocenters. The Morgan fingerprint density at radius 3 is 2.74 bits per heavy atom. The summed E-state index contributed by atoms with van der Waals surface area (Å²) >= 11 is 0. The van der Waals surface area contributed by atoms with Crippen molar-refractivity contribution in [2.24, 2.45) is 5.92 Å². The summed E-state index contributed by atoms with van der Waals surface area (Å²) in [5.74, 6) is -0.0766. The van der Waals surface area contributed by atoms with Crippen molar-refractivity contribution in [3.63, 3.8) is 0 Å². The fraction of sp³-hybridized carbons (Fsp3) is 0.556. The summed E-state index contributed by atoms with van der Waals surface area (Å²) in [6, 6.07) is 7.79. The minimum atomic E-state index is -0.0891. The van der Waals surface area contributed by atoms with E-state index in [2.05, 4.69) is 5.32 Å². The van der Waals surface area contributed by atoms with Gasteiger partial charge in [0, 0.05) is 5.69 Å². The number of likely N-dealkylation sites (tertiary alicyclic amines) is 1. The SMILES string of the molecule is CCOC(=O)[C@@H]1CCC[NH+](CCC(=O)Nc2ccc(C)cc2)C1. The number of ether oxygens (including phenoxy) is 1. The van der Waals surface area contributed by atoms with Crippen LogP contribution in [0.4, 0.5) is 5.69 Å². The largest absolute Gasteiger partial charge is 0.466 e. The van der Waals surface area contributed by atoms with Crippen molar-refractivity contribution < 1.29 is 19.2 Å². The van der Waals surface area contributed by atoms with Gasteiger partial charge in [0.1, 0.15) is 5.92 Å². The van der Waals surface area contributed by atoms with Crippen LogP contribution in [0.1, 0.15) is 31.7 Å². The van der Waals surface area contributed by atoms with Gasteiger partial charge in [-0.05, 0) is 38.8 Å². The third kappa shape index (κ3) is 5.67. The molecular weight excluding hydrogens is 292 g/mol. The smallest absolute Gasteiger partial charge is 0.314 e. The predicted molar refractivity (Wildman–Crippen MR) is 89.3 cm³/mol. The van der Waals surface area contributed by atoms with Crippen LogP contribution in [-0.2, 0) is 14.3 Å². The van der Waals surface area contributed by atoms with Crippen LogP contribution in [-0.4, -0.2) is 38.1 Å². The zero-order valence-electron chi connectivity index (χ0n) is 14.1. The second-order valence-electron chi connectivity index (χ2n) is 6.21. The van der Waals surface area contributed by atoms with Gasteiger partial charge in [-0.25, -0.2) is 0 Å². The van der Waals surface area contributed by atoms with Gasteiger partial charge in [-0.1, -0.05) is 17.7 Å². The van der Waals surface area contributed by atoms with Gasteiger partial charge in [0.25, 0.3) is 0 Å². The lowest BCUT2D eigenvalue weighted by atomic mass is 9.98. The van der Waals surface area contributed by atoms with Crippen molar-refractivity contribution in [2.75, 3.05) is 31.6 Å². The number of benzene rings is 1. The molecule has 0 bridgehead atoms. The highest BCUT2D eigenvalue weighted by atomic mass is 16.5. The van der Waals surface area contributed by atoms with Crippen LogP contribution in [0.5, 0.6) is 0 Å². The van der Waals surface area contributed by atoms with Gasteiger partial charge < -0.3 is 15.0 Å². The Morgan fingerprint density at radius 2 is 2.04 bits per heavy atom. The number of aryl methyl sites for hydroxylation is 1.